The second-order valence-corrected chi connectivity index (χ2v) is 4.13. The Morgan fingerprint density at radius 3 is 2.29 bits per heavy atom. The third-order valence-electron chi connectivity index (χ3n) is 2.60. The van der Waals surface area contributed by atoms with Crippen molar-refractivity contribution in [1.82, 2.24) is 0 Å². The molecule has 0 spiro atoms. The topological polar surface area (TPSA) is 63.3 Å². The fourth-order valence-electron chi connectivity index (χ4n) is 1.13. The van der Waals surface area contributed by atoms with Gasteiger partial charge >= 0.3 is 5.97 Å². The van der Waals surface area contributed by atoms with Crippen LogP contribution < -0.4 is 5.73 Å². The summed E-state index contributed by atoms with van der Waals surface area (Å²) in [5.74, 6) is -0.809. The first-order valence-corrected chi connectivity index (χ1v) is 4.92. The highest BCUT2D eigenvalue weighted by molar-refractivity contribution is 5.85. The zero-order valence-electron chi connectivity index (χ0n) is 9.25. The average molecular weight is 224 g/mol. The Bertz CT molecular complexity index is 172. The second kappa shape index (κ2) is 7.07. The minimum atomic E-state index is -0.809. The van der Waals surface area contributed by atoms with E-state index in [9.17, 15) is 4.79 Å². The van der Waals surface area contributed by atoms with Crippen LogP contribution in [0, 0.1) is 5.41 Å². The molecule has 86 valence electrons. The fourth-order valence-corrected chi connectivity index (χ4v) is 1.13. The first-order chi connectivity index (χ1) is 5.92. The monoisotopic (exact) mass is 223 g/mol. The number of carbonyl (C=O) groups is 1. The average Bonchev–Trinajstić information content (AvgIpc) is 2.04. The summed E-state index contributed by atoms with van der Waals surface area (Å²) in [6.07, 6.45) is 4.09. The van der Waals surface area contributed by atoms with Gasteiger partial charge in [0.25, 0.3) is 0 Å². The molecule has 0 aliphatic rings. The molecule has 1 atom stereocenters. The largest absolute Gasteiger partial charge is 0.481 e. The van der Waals surface area contributed by atoms with Crippen molar-refractivity contribution in [1.29, 1.82) is 0 Å². The molecular formula is C10H22ClNO2. The van der Waals surface area contributed by atoms with Crippen molar-refractivity contribution in [2.45, 2.75) is 52.5 Å². The summed E-state index contributed by atoms with van der Waals surface area (Å²) in [5.41, 5.74) is 5.01. The first-order valence-electron chi connectivity index (χ1n) is 4.92. The Morgan fingerprint density at radius 1 is 1.43 bits per heavy atom. The molecule has 1 unspecified atom stereocenters. The highest BCUT2D eigenvalue weighted by atomic mass is 35.5. The molecule has 0 amide bonds. The number of hydrogen-bond donors (Lipinski definition) is 2. The van der Waals surface area contributed by atoms with Crippen molar-refractivity contribution >= 4 is 18.4 Å². The smallest absolute Gasteiger partial charge is 0.310 e. The molecule has 3 N–H and O–H groups in total. The SMILES string of the molecule is CCCCCC(N)C(C)(C)C(=O)O.Cl. The lowest BCUT2D eigenvalue weighted by Gasteiger charge is -2.26. The van der Waals surface area contributed by atoms with E-state index in [1.165, 1.54) is 0 Å². The van der Waals surface area contributed by atoms with Crippen LogP contribution in [0.25, 0.3) is 0 Å². The standard InChI is InChI=1S/C10H21NO2.ClH/c1-4-5-6-7-8(11)10(2,3)9(12)13;/h8H,4-7,11H2,1-3H3,(H,12,13);1H. The predicted octanol–water partition coefficient (Wildman–Crippen LogP) is 2.43. The van der Waals surface area contributed by atoms with Gasteiger partial charge in [0.15, 0.2) is 0 Å². The predicted molar refractivity (Wildman–Crippen MR) is 60.8 cm³/mol. The summed E-state index contributed by atoms with van der Waals surface area (Å²) >= 11 is 0. The van der Waals surface area contributed by atoms with Crippen LogP contribution in [0.3, 0.4) is 0 Å². The van der Waals surface area contributed by atoms with E-state index in [2.05, 4.69) is 6.92 Å². The number of carboxylic acids is 1. The minimum absolute atomic E-state index is 0. The van der Waals surface area contributed by atoms with Crippen LogP contribution in [-0.2, 0) is 4.79 Å². The van der Waals surface area contributed by atoms with Crippen LogP contribution in [0.15, 0.2) is 0 Å². The van der Waals surface area contributed by atoms with Gasteiger partial charge in [-0.3, -0.25) is 4.79 Å². The minimum Gasteiger partial charge on any atom is -0.481 e. The summed E-state index contributed by atoms with van der Waals surface area (Å²) in [6, 6.07) is -0.239. The molecule has 0 bridgehead atoms. The molecule has 0 rings (SSSR count). The molecule has 0 aromatic rings. The number of unbranched alkanes of at least 4 members (excludes halogenated alkanes) is 2. The van der Waals surface area contributed by atoms with Gasteiger partial charge in [0.05, 0.1) is 5.41 Å². The summed E-state index contributed by atoms with van der Waals surface area (Å²) in [5, 5.41) is 8.89. The highest BCUT2D eigenvalue weighted by Gasteiger charge is 2.33. The number of rotatable bonds is 6. The zero-order valence-corrected chi connectivity index (χ0v) is 10.1. The lowest BCUT2D eigenvalue weighted by atomic mass is 9.82. The Balaban J connectivity index is 0. The van der Waals surface area contributed by atoms with Crippen molar-refractivity contribution in [3.63, 3.8) is 0 Å². The van der Waals surface area contributed by atoms with Crippen LogP contribution in [0.1, 0.15) is 46.5 Å². The Kier molecular flexibility index (Phi) is 8.16. The van der Waals surface area contributed by atoms with Crippen LogP contribution in [0.2, 0.25) is 0 Å². The van der Waals surface area contributed by atoms with Gasteiger partial charge in [0, 0.05) is 6.04 Å². The maximum Gasteiger partial charge on any atom is 0.310 e. The molecule has 0 aromatic heterocycles. The number of nitrogens with two attached hydrogens (primary N) is 1. The molecule has 0 heterocycles. The van der Waals surface area contributed by atoms with E-state index in [0.717, 1.165) is 25.7 Å². The number of halogens is 1. The van der Waals surface area contributed by atoms with Crippen molar-refractivity contribution in [3.8, 4) is 0 Å². The lowest BCUT2D eigenvalue weighted by molar-refractivity contribution is -0.148. The molecule has 0 saturated carbocycles. The quantitative estimate of drug-likeness (QED) is 0.680. The van der Waals surface area contributed by atoms with Crippen molar-refractivity contribution in [2.75, 3.05) is 0 Å². The van der Waals surface area contributed by atoms with Gasteiger partial charge in [0.2, 0.25) is 0 Å². The normalized spacial score (nSPS) is 13.1. The van der Waals surface area contributed by atoms with Gasteiger partial charge in [-0.15, -0.1) is 12.4 Å². The number of hydrogen-bond acceptors (Lipinski definition) is 2. The Morgan fingerprint density at radius 2 is 1.93 bits per heavy atom. The van der Waals surface area contributed by atoms with E-state index in [4.69, 9.17) is 10.8 Å². The molecule has 3 nitrogen and oxygen atoms in total. The number of carboxylic acid groups (broad SMARTS) is 1. The molecule has 0 aliphatic carbocycles. The fraction of sp³-hybridized carbons (Fsp3) is 0.900. The van der Waals surface area contributed by atoms with Gasteiger partial charge in [-0.05, 0) is 20.3 Å². The third-order valence-corrected chi connectivity index (χ3v) is 2.60. The first kappa shape index (κ1) is 16.2. The maximum absolute atomic E-state index is 10.8. The van der Waals surface area contributed by atoms with E-state index in [1.807, 2.05) is 0 Å². The molecule has 14 heavy (non-hydrogen) atoms. The van der Waals surface area contributed by atoms with Crippen molar-refractivity contribution in [3.05, 3.63) is 0 Å². The van der Waals surface area contributed by atoms with Gasteiger partial charge in [-0.1, -0.05) is 26.2 Å². The van der Waals surface area contributed by atoms with Gasteiger partial charge in [-0.2, -0.15) is 0 Å². The van der Waals surface area contributed by atoms with Gasteiger partial charge in [-0.25, -0.2) is 0 Å². The Hall–Kier alpha value is -0.280. The van der Waals surface area contributed by atoms with Crippen LogP contribution in [0.5, 0.6) is 0 Å². The Labute approximate surface area is 92.5 Å². The van der Waals surface area contributed by atoms with Crippen LogP contribution in [-0.4, -0.2) is 17.1 Å². The molecule has 0 radical (unpaired) electrons. The summed E-state index contributed by atoms with van der Waals surface area (Å²) in [6.45, 7) is 5.49. The molecular weight excluding hydrogens is 202 g/mol. The third kappa shape index (κ3) is 4.82. The van der Waals surface area contributed by atoms with E-state index >= 15 is 0 Å². The summed E-state index contributed by atoms with van der Waals surface area (Å²) < 4.78 is 0. The molecule has 4 heteroatoms. The molecule has 0 aliphatic heterocycles. The summed E-state index contributed by atoms with van der Waals surface area (Å²) in [4.78, 5) is 10.8. The van der Waals surface area contributed by atoms with Gasteiger partial charge < -0.3 is 10.8 Å². The zero-order chi connectivity index (χ0) is 10.5. The van der Waals surface area contributed by atoms with E-state index in [-0.39, 0.29) is 18.4 Å². The van der Waals surface area contributed by atoms with E-state index in [0.29, 0.717) is 0 Å². The van der Waals surface area contributed by atoms with Crippen molar-refractivity contribution in [2.24, 2.45) is 11.1 Å². The molecule has 0 saturated heterocycles. The van der Waals surface area contributed by atoms with Crippen LogP contribution >= 0.6 is 12.4 Å². The summed E-state index contributed by atoms with van der Waals surface area (Å²) in [7, 11) is 0. The second-order valence-electron chi connectivity index (χ2n) is 4.13. The van der Waals surface area contributed by atoms with Gasteiger partial charge in [0.1, 0.15) is 0 Å². The highest BCUT2D eigenvalue weighted by Crippen LogP contribution is 2.23. The maximum atomic E-state index is 10.8. The van der Waals surface area contributed by atoms with E-state index in [1.54, 1.807) is 13.8 Å². The molecule has 0 aromatic carbocycles. The lowest BCUT2D eigenvalue weighted by Crippen LogP contribution is -2.43. The van der Waals surface area contributed by atoms with E-state index < -0.39 is 11.4 Å². The van der Waals surface area contributed by atoms with Crippen molar-refractivity contribution < 1.29 is 9.90 Å². The molecule has 0 fully saturated rings. The number of aliphatic carboxylic acids is 1. The van der Waals surface area contributed by atoms with Crippen LogP contribution in [0.4, 0.5) is 0 Å².